The predicted octanol–water partition coefficient (Wildman–Crippen LogP) is 2.04. The van der Waals surface area contributed by atoms with Crippen LogP contribution in [-0.2, 0) is 16.1 Å². The average molecular weight is 330 g/mol. The summed E-state index contributed by atoms with van der Waals surface area (Å²) >= 11 is 0. The van der Waals surface area contributed by atoms with E-state index in [-0.39, 0.29) is 12.5 Å². The SMILES string of the molecule is C=CCOCC1CCN(C(=O)Cn2c(=O)oc3ccccc32)CC1. The molecule has 3 rings (SSSR count). The summed E-state index contributed by atoms with van der Waals surface area (Å²) in [6.07, 6.45) is 3.58. The molecule has 128 valence electrons. The van der Waals surface area contributed by atoms with E-state index >= 15 is 0 Å². The summed E-state index contributed by atoms with van der Waals surface area (Å²) < 4.78 is 12.1. The number of oxazole rings is 1. The minimum absolute atomic E-state index is 0.0213. The first-order valence-corrected chi connectivity index (χ1v) is 8.24. The summed E-state index contributed by atoms with van der Waals surface area (Å²) in [7, 11) is 0. The molecule has 6 nitrogen and oxygen atoms in total. The van der Waals surface area contributed by atoms with E-state index < -0.39 is 5.76 Å². The van der Waals surface area contributed by atoms with Crippen LogP contribution in [0.1, 0.15) is 12.8 Å². The molecule has 0 bridgehead atoms. The summed E-state index contributed by atoms with van der Waals surface area (Å²) in [5.74, 6) is -0.0575. The van der Waals surface area contributed by atoms with Gasteiger partial charge in [0.15, 0.2) is 5.58 Å². The highest BCUT2D eigenvalue weighted by atomic mass is 16.5. The van der Waals surface area contributed by atoms with Crippen molar-refractivity contribution in [3.8, 4) is 0 Å². The number of nitrogens with zero attached hydrogens (tertiary/aromatic N) is 2. The number of rotatable bonds is 6. The van der Waals surface area contributed by atoms with Gasteiger partial charge in [-0.3, -0.25) is 9.36 Å². The third-order valence-corrected chi connectivity index (χ3v) is 4.42. The van der Waals surface area contributed by atoms with Gasteiger partial charge in [-0.05, 0) is 30.9 Å². The van der Waals surface area contributed by atoms with Gasteiger partial charge in [0, 0.05) is 19.7 Å². The first-order chi connectivity index (χ1) is 11.7. The second-order valence-electron chi connectivity index (χ2n) is 6.07. The van der Waals surface area contributed by atoms with Crippen molar-refractivity contribution >= 4 is 17.0 Å². The molecule has 1 aromatic carbocycles. The molecule has 0 N–H and O–H groups in total. The van der Waals surface area contributed by atoms with Gasteiger partial charge >= 0.3 is 5.76 Å². The van der Waals surface area contributed by atoms with Gasteiger partial charge in [0.05, 0.1) is 12.1 Å². The number of piperidine rings is 1. The molecule has 0 aliphatic carbocycles. The Morgan fingerprint density at radius 2 is 2.08 bits per heavy atom. The predicted molar refractivity (Wildman–Crippen MR) is 90.8 cm³/mol. The lowest BCUT2D eigenvalue weighted by Gasteiger charge is -2.31. The van der Waals surface area contributed by atoms with Crippen LogP contribution in [0.25, 0.3) is 11.1 Å². The molecular weight excluding hydrogens is 308 g/mol. The monoisotopic (exact) mass is 330 g/mol. The molecule has 0 radical (unpaired) electrons. The molecule has 1 aliphatic heterocycles. The zero-order valence-corrected chi connectivity index (χ0v) is 13.6. The van der Waals surface area contributed by atoms with Crippen LogP contribution in [0.2, 0.25) is 0 Å². The van der Waals surface area contributed by atoms with Crippen molar-refractivity contribution in [2.45, 2.75) is 19.4 Å². The van der Waals surface area contributed by atoms with Crippen molar-refractivity contribution in [1.29, 1.82) is 0 Å². The molecule has 2 aromatic rings. The Morgan fingerprint density at radius 1 is 1.33 bits per heavy atom. The van der Waals surface area contributed by atoms with E-state index in [9.17, 15) is 9.59 Å². The first kappa shape index (κ1) is 16.5. The number of likely N-dealkylation sites (tertiary alicyclic amines) is 1. The number of aromatic nitrogens is 1. The van der Waals surface area contributed by atoms with E-state index in [0.29, 0.717) is 43.3 Å². The largest absolute Gasteiger partial charge is 0.420 e. The molecule has 0 spiro atoms. The number of carbonyl (C=O) groups is 1. The van der Waals surface area contributed by atoms with Crippen molar-refractivity contribution in [1.82, 2.24) is 9.47 Å². The Morgan fingerprint density at radius 3 is 2.83 bits per heavy atom. The maximum atomic E-state index is 12.5. The van der Waals surface area contributed by atoms with Gasteiger partial charge in [0.2, 0.25) is 5.91 Å². The highest BCUT2D eigenvalue weighted by molar-refractivity contribution is 5.79. The number of hydrogen-bond donors (Lipinski definition) is 0. The number of fused-ring (bicyclic) bond motifs is 1. The minimum Gasteiger partial charge on any atom is -0.408 e. The van der Waals surface area contributed by atoms with Crippen molar-refractivity contribution in [3.05, 3.63) is 47.5 Å². The second-order valence-corrected chi connectivity index (χ2v) is 6.07. The summed E-state index contributed by atoms with van der Waals surface area (Å²) in [6.45, 7) is 6.32. The number of hydrogen-bond acceptors (Lipinski definition) is 4. The molecule has 1 saturated heterocycles. The standard InChI is InChI=1S/C18H22N2O4/c1-2-11-23-13-14-7-9-19(10-8-14)17(21)12-20-15-5-3-4-6-16(15)24-18(20)22/h2-6,14H,1,7-13H2. The van der Waals surface area contributed by atoms with Crippen LogP contribution in [0.5, 0.6) is 0 Å². The molecule has 24 heavy (non-hydrogen) atoms. The topological polar surface area (TPSA) is 64.7 Å². The van der Waals surface area contributed by atoms with E-state index in [4.69, 9.17) is 9.15 Å². The van der Waals surface area contributed by atoms with Gasteiger partial charge in [0.25, 0.3) is 0 Å². The van der Waals surface area contributed by atoms with Gasteiger partial charge in [-0.2, -0.15) is 0 Å². The highest BCUT2D eigenvalue weighted by Crippen LogP contribution is 2.18. The fourth-order valence-electron chi connectivity index (χ4n) is 3.07. The Labute approximate surface area is 140 Å². The fraction of sp³-hybridized carbons (Fsp3) is 0.444. The lowest BCUT2D eigenvalue weighted by molar-refractivity contribution is -0.133. The number of amides is 1. The van der Waals surface area contributed by atoms with E-state index in [1.54, 1.807) is 24.3 Å². The summed E-state index contributed by atoms with van der Waals surface area (Å²) in [6, 6.07) is 7.15. The Bertz CT molecular complexity index is 769. The number of carbonyl (C=O) groups excluding carboxylic acids is 1. The number of para-hydroxylation sites is 2. The Kier molecular flexibility index (Phi) is 5.15. The summed E-state index contributed by atoms with van der Waals surface area (Å²) in [5, 5.41) is 0. The molecule has 0 saturated carbocycles. The summed E-state index contributed by atoms with van der Waals surface area (Å²) in [5.41, 5.74) is 1.16. The van der Waals surface area contributed by atoms with Crippen molar-refractivity contribution in [2.24, 2.45) is 5.92 Å². The number of benzene rings is 1. The van der Waals surface area contributed by atoms with Crippen molar-refractivity contribution in [3.63, 3.8) is 0 Å². The van der Waals surface area contributed by atoms with Gasteiger partial charge in [-0.15, -0.1) is 6.58 Å². The molecule has 2 heterocycles. The maximum absolute atomic E-state index is 12.5. The average Bonchev–Trinajstić information content (AvgIpc) is 2.91. The second kappa shape index (κ2) is 7.49. The third kappa shape index (κ3) is 3.59. The fourth-order valence-corrected chi connectivity index (χ4v) is 3.07. The van der Waals surface area contributed by atoms with Crippen LogP contribution in [-0.4, -0.2) is 41.7 Å². The van der Waals surface area contributed by atoms with Crippen molar-refractivity contribution < 1.29 is 13.9 Å². The Hall–Kier alpha value is -2.34. The van der Waals surface area contributed by atoms with Crippen LogP contribution in [0.15, 0.2) is 46.1 Å². The van der Waals surface area contributed by atoms with Gasteiger partial charge in [-0.25, -0.2) is 4.79 Å². The molecule has 1 aromatic heterocycles. The van der Waals surface area contributed by atoms with Crippen LogP contribution < -0.4 is 5.76 Å². The van der Waals surface area contributed by atoms with E-state index in [1.165, 1.54) is 4.57 Å². The normalized spacial score (nSPS) is 15.8. The smallest absolute Gasteiger partial charge is 0.408 e. The van der Waals surface area contributed by atoms with Gasteiger partial charge < -0.3 is 14.1 Å². The van der Waals surface area contributed by atoms with Crippen LogP contribution >= 0.6 is 0 Å². The van der Waals surface area contributed by atoms with Crippen LogP contribution in [0.3, 0.4) is 0 Å². The quantitative estimate of drug-likeness (QED) is 0.600. The number of ether oxygens (including phenoxy) is 1. The van der Waals surface area contributed by atoms with Crippen molar-refractivity contribution in [2.75, 3.05) is 26.3 Å². The van der Waals surface area contributed by atoms with Crippen LogP contribution in [0, 0.1) is 5.92 Å². The van der Waals surface area contributed by atoms with Gasteiger partial charge in [-0.1, -0.05) is 18.2 Å². The first-order valence-electron chi connectivity index (χ1n) is 8.24. The molecule has 1 fully saturated rings. The Balaban J connectivity index is 1.59. The minimum atomic E-state index is -0.489. The zero-order valence-electron chi connectivity index (χ0n) is 13.6. The molecule has 1 amide bonds. The highest BCUT2D eigenvalue weighted by Gasteiger charge is 2.24. The van der Waals surface area contributed by atoms with Gasteiger partial charge in [0.1, 0.15) is 6.54 Å². The lowest BCUT2D eigenvalue weighted by Crippen LogP contribution is -2.41. The zero-order chi connectivity index (χ0) is 16.9. The van der Waals surface area contributed by atoms with E-state index in [0.717, 1.165) is 12.8 Å². The maximum Gasteiger partial charge on any atom is 0.420 e. The molecule has 1 aliphatic rings. The molecule has 0 atom stereocenters. The molecular formula is C18H22N2O4. The van der Waals surface area contributed by atoms with Crippen LogP contribution in [0.4, 0.5) is 0 Å². The molecule has 0 unspecified atom stereocenters. The summed E-state index contributed by atoms with van der Waals surface area (Å²) in [4.78, 5) is 26.3. The third-order valence-electron chi connectivity index (χ3n) is 4.42. The van der Waals surface area contributed by atoms with E-state index in [2.05, 4.69) is 6.58 Å². The molecule has 6 heteroatoms. The lowest BCUT2D eigenvalue weighted by atomic mass is 9.98. The van der Waals surface area contributed by atoms with E-state index in [1.807, 2.05) is 11.0 Å².